The first kappa shape index (κ1) is 22.0. The van der Waals surface area contributed by atoms with Crippen LogP contribution in [0.15, 0.2) is 74.2 Å². The van der Waals surface area contributed by atoms with Gasteiger partial charge in [0.25, 0.3) is 11.5 Å². The summed E-state index contributed by atoms with van der Waals surface area (Å²) in [5.41, 5.74) is 6.17. The Labute approximate surface area is 192 Å². The van der Waals surface area contributed by atoms with Crippen LogP contribution in [0.25, 0.3) is 6.08 Å². The highest BCUT2D eigenvalue weighted by Crippen LogP contribution is 2.21. The minimum absolute atomic E-state index is 0.0525. The zero-order valence-corrected chi connectivity index (χ0v) is 18.5. The number of H-pyrrole nitrogens is 1. The molecule has 0 aliphatic heterocycles. The van der Waals surface area contributed by atoms with Gasteiger partial charge in [0.05, 0.1) is 30.1 Å². The minimum atomic E-state index is -0.764. The van der Waals surface area contributed by atoms with E-state index in [-0.39, 0.29) is 24.6 Å². The van der Waals surface area contributed by atoms with Gasteiger partial charge in [0.1, 0.15) is 11.6 Å². The van der Waals surface area contributed by atoms with Crippen molar-refractivity contribution in [3.8, 4) is 0 Å². The summed E-state index contributed by atoms with van der Waals surface area (Å²) in [6.45, 7) is 1.94. The summed E-state index contributed by atoms with van der Waals surface area (Å²) < 4.78 is 6.61. The molecular weight excluding hydrogens is 442 g/mol. The number of carbonyl (C=O) groups is 1. The molecule has 10 heteroatoms. The lowest BCUT2D eigenvalue weighted by molar-refractivity contribution is -0.114. The van der Waals surface area contributed by atoms with Crippen molar-refractivity contribution in [2.75, 3.05) is 10.6 Å². The molecule has 3 heterocycles. The molecule has 1 aromatic carbocycles. The van der Waals surface area contributed by atoms with Crippen LogP contribution in [0.3, 0.4) is 0 Å². The van der Waals surface area contributed by atoms with Gasteiger partial charge in [-0.25, -0.2) is 9.78 Å². The number of nitrogens with zero attached hydrogens (tertiary/aromatic N) is 3. The first-order valence-electron chi connectivity index (χ1n) is 10.0. The molecule has 0 bridgehead atoms. The van der Waals surface area contributed by atoms with E-state index in [0.29, 0.717) is 11.5 Å². The number of rotatable bonds is 7. The van der Waals surface area contributed by atoms with Crippen LogP contribution in [0.4, 0.5) is 11.5 Å². The molecule has 3 N–H and O–H groups in total. The van der Waals surface area contributed by atoms with E-state index >= 15 is 0 Å². The number of furan rings is 1. The third-order valence-corrected chi connectivity index (χ3v) is 5.65. The Balaban J connectivity index is 1.76. The van der Waals surface area contributed by atoms with Crippen molar-refractivity contribution in [3.05, 3.63) is 103 Å². The monoisotopic (exact) mass is 463 g/mol. The van der Waals surface area contributed by atoms with Gasteiger partial charge in [-0.05, 0) is 30.7 Å². The van der Waals surface area contributed by atoms with E-state index in [1.165, 1.54) is 33.1 Å². The number of nitrogens with one attached hydrogen (secondary N) is 1. The Morgan fingerprint density at radius 1 is 1.24 bits per heavy atom. The highest BCUT2D eigenvalue weighted by molar-refractivity contribution is 7.09. The van der Waals surface area contributed by atoms with Gasteiger partial charge in [-0.15, -0.1) is 11.3 Å². The highest BCUT2D eigenvalue weighted by Gasteiger charge is 2.24. The van der Waals surface area contributed by atoms with Crippen LogP contribution in [0.2, 0.25) is 0 Å². The number of thiazole rings is 1. The molecule has 0 fully saturated rings. The Morgan fingerprint density at radius 2 is 2.03 bits per heavy atom. The van der Waals surface area contributed by atoms with Crippen molar-refractivity contribution >= 4 is 34.8 Å². The molecule has 1 amide bonds. The number of nitrogens with two attached hydrogens (primary N) is 1. The second-order valence-electron chi connectivity index (χ2n) is 7.19. The predicted octanol–water partition coefficient (Wildman–Crippen LogP) is 2.77. The maximum absolute atomic E-state index is 13.2. The molecule has 4 aromatic rings. The second kappa shape index (κ2) is 9.53. The number of carbonyl (C=O) groups excluding carboxylic acids is 1. The Bertz CT molecular complexity index is 1400. The van der Waals surface area contributed by atoms with E-state index < -0.39 is 17.2 Å². The van der Waals surface area contributed by atoms with Gasteiger partial charge in [-0.3, -0.25) is 24.0 Å². The largest absolute Gasteiger partial charge is 0.467 e. The summed E-state index contributed by atoms with van der Waals surface area (Å²) in [5.74, 6) is -0.189. The van der Waals surface area contributed by atoms with Gasteiger partial charge in [-0.2, -0.15) is 0 Å². The van der Waals surface area contributed by atoms with Crippen molar-refractivity contribution < 1.29 is 9.21 Å². The standard InChI is InChI=1S/C23H21N5O4S/c1-15-25-17(14-33-15)9-10-19(29)27(13-18-8-5-11-32-18)20-21(24)28(23(31)26-22(20)30)12-16-6-3-2-4-7-16/h2-11,14H,12-13,24H2,1H3,(H,26,30,31)/b10-9+. The average molecular weight is 464 g/mol. The molecule has 0 spiro atoms. The van der Waals surface area contributed by atoms with Crippen molar-refractivity contribution in [3.63, 3.8) is 0 Å². The van der Waals surface area contributed by atoms with E-state index in [1.807, 2.05) is 42.6 Å². The predicted molar refractivity (Wildman–Crippen MR) is 127 cm³/mol. The van der Waals surface area contributed by atoms with E-state index in [0.717, 1.165) is 10.6 Å². The lowest BCUT2D eigenvalue weighted by atomic mass is 10.2. The molecule has 0 atom stereocenters. The summed E-state index contributed by atoms with van der Waals surface area (Å²) in [7, 11) is 0. The molecule has 0 aliphatic rings. The molecule has 0 radical (unpaired) electrons. The van der Waals surface area contributed by atoms with Crippen molar-refractivity contribution in [2.45, 2.75) is 20.0 Å². The van der Waals surface area contributed by atoms with Crippen molar-refractivity contribution in [1.29, 1.82) is 0 Å². The second-order valence-corrected chi connectivity index (χ2v) is 8.26. The van der Waals surface area contributed by atoms with Crippen LogP contribution in [0.5, 0.6) is 0 Å². The van der Waals surface area contributed by atoms with Crippen LogP contribution in [-0.4, -0.2) is 20.4 Å². The number of nitrogen functional groups attached to an aromatic ring is 1. The highest BCUT2D eigenvalue weighted by atomic mass is 32.1. The van der Waals surface area contributed by atoms with Crippen LogP contribution in [-0.2, 0) is 17.9 Å². The van der Waals surface area contributed by atoms with E-state index in [4.69, 9.17) is 10.2 Å². The molecule has 0 aliphatic carbocycles. The van der Waals surface area contributed by atoms with E-state index in [2.05, 4.69) is 9.97 Å². The smallest absolute Gasteiger partial charge is 0.330 e. The molecule has 168 valence electrons. The molecule has 0 saturated heterocycles. The van der Waals surface area contributed by atoms with Crippen LogP contribution in [0.1, 0.15) is 22.0 Å². The molecular formula is C23H21N5O4S. The maximum Gasteiger partial charge on any atom is 0.330 e. The van der Waals surface area contributed by atoms with Gasteiger partial charge >= 0.3 is 5.69 Å². The van der Waals surface area contributed by atoms with Crippen LogP contribution < -0.4 is 21.9 Å². The lowest BCUT2D eigenvalue weighted by Gasteiger charge is -2.22. The summed E-state index contributed by atoms with van der Waals surface area (Å²) in [5, 5.41) is 2.68. The molecule has 9 nitrogen and oxygen atoms in total. The number of amides is 1. The number of hydrogen-bond donors (Lipinski definition) is 2. The van der Waals surface area contributed by atoms with Crippen molar-refractivity contribution in [2.24, 2.45) is 0 Å². The summed E-state index contributed by atoms with van der Waals surface area (Å²) in [6.07, 6.45) is 4.34. The zero-order chi connectivity index (χ0) is 23.4. The average Bonchev–Trinajstić information content (AvgIpc) is 3.46. The minimum Gasteiger partial charge on any atom is -0.467 e. The van der Waals surface area contributed by atoms with Gasteiger partial charge in [0.2, 0.25) is 0 Å². The van der Waals surface area contributed by atoms with E-state index in [1.54, 1.807) is 18.2 Å². The normalized spacial score (nSPS) is 11.2. The van der Waals surface area contributed by atoms with Crippen molar-refractivity contribution in [1.82, 2.24) is 14.5 Å². The third kappa shape index (κ3) is 5.01. The fourth-order valence-corrected chi connectivity index (χ4v) is 3.87. The van der Waals surface area contributed by atoms with Gasteiger partial charge in [-0.1, -0.05) is 30.3 Å². The summed E-state index contributed by atoms with van der Waals surface area (Å²) in [6, 6.07) is 12.5. The quantitative estimate of drug-likeness (QED) is 0.406. The lowest BCUT2D eigenvalue weighted by Crippen LogP contribution is -2.40. The number of anilines is 2. The summed E-state index contributed by atoms with van der Waals surface area (Å²) >= 11 is 1.46. The van der Waals surface area contributed by atoms with E-state index in [9.17, 15) is 14.4 Å². The zero-order valence-electron chi connectivity index (χ0n) is 17.7. The fraction of sp³-hybridized carbons (Fsp3) is 0.130. The number of aryl methyl sites for hydroxylation is 1. The Kier molecular flexibility index (Phi) is 6.36. The molecule has 3 aromatic heterocycles. The SMILES string of the molecule is Cc1nc(/C=C/C(=O)N(Cc2ccco2)c2c(N)n(Cc3ccccc3)c(=O)[nH]c2=O)cs1. The fourth-order valence-electron chi connectivity index (χ4n) is 3.29. The maximum atomic E-state index is 13.2. The molecule has 0 saturated carbocycles. The topological polar surface area (TPSA) is 127 Å². The molecule has 4 rings (SSSR count). The number of hydrogen-bond acceptors (Lipinski definition) is 7. The Hall–Kier alpha value is -4.18. The third-order valence-electron chi connectivity index (χ3n) is 4.86. The molecule has 0 unspecified atom stereocenters. The number of aromatic amines is 1. The first-order valence-corrected chi connectivity index (χ1v) is 10.9. The Morgan fingerprint density at radius 3 is 2.70 bits per heavy atom. The van der Waals surface area contributed by atoms with Crippen LogP contribution >= 0.6 is 11.3 Å². The molecule has 33 heavy (non-hydrogen) atoms. The van der Waals surface area contributed by atoms with Crippen LogP contribution in [0, 0.1) is 6.92 Å². The number of aromatic nitrogens is 3. The number of benzene rings is 1. The first-order chi connectivity index (χ1) is 15.9. The van der Waals surface area contributed by atoms with Gasteiger partial charge < -0.3 is 10.2 Å². The van der Waals surface area contributed by atoms with Gasteiger partial charge in [0, 0.05) is 11.5 Å². The van der Waals surface area contributed by atoms with Gasteiger partial charge in [0.15, 0.2) is 5.69 Å². The summed E-state index contributed by atoms with van der Waals surface area (Å²) in [4.78, 5) is 46.3.